The molecule has 2 aliphatic rings. The lowest BCUT2D eigenvalue weighted by atomic mass is 10.2. The van der Waals surface area contributed by atoms with Gasteiger partial charge in [0.1, 0.15) is 6.04 Å². The Hall–Kier alpha value is -1.26. The summed E-state index contributed by atoms with van der Waals surface area (Å²) in [6.07, 6.45) is 5.21. The van der Waals surface area contributed by atoms with Crippen molar-refractivity contribution in [3.05, 3.63) is 0 Å². The lowest BCUT2D eigenvalue weighted by Gasteiger charge is -2.25. The number of nitrogens with one attached hydrogen (secondary N) is 1. The predicted octanol–water partition coefficient (Wildman–Crippen LogP) is 1.68. The van der Waals surface area contributed by atoms with Gasteiger partial charge >= 0.3 is 12.0 Å². The average Bonchev–Trinajstić information content (AvgIpc) is 3.18. The van der Waals surface area contributed by atoms with Crippen LogP contribution in [0.3, 0.4) is 0 Å². The molecule has 5 nitrogen and oxygen atoms in total. The number of carbonyl (C=O) groups excluding carboxylic acids is 1. The Morgan fingerprint density at radius 1 is 1.22 bits per heavy atom. The smallest absolute Gasteiger partial charge is 0.326 e. The van der Waals surface area contributed by atoms with Crippen molar-refractivity contribution in [1.82, 2.24) is 10.2 Å². The van der Waals surface area contributed by atoms with Gasteiger partial charge in [-0.3, -0.25) is 0 Å². The Balaban J connectivity index is 1.86. The number of urea groups is 1. The van der Waals surface area contributed by atoms with Crippen molar-refractivity contribution < 1.29 is 14.7 Å². The first-order valence-corrected chi connectivity index (χ1v) is 6.88. The molecule has 5 heteroatoms. The summed E-state index contributed by atoms with van der Waals surface area (Å²) in [5, 5.41) is 11.6. The van der Waals surface area contributed by atoms with Crippen LogP contribution in [0.5, 0.6) is 0 Å². The Morgan fingerprint density at radius 3 is 2.06 bits per heavy atom. The fourth-order valence-electron chi connectivity index (χ4n) is 2.04. The highest BCUT2D eigenvalue weighted by atomic mass is 16.4. The van der Waals surface area contributed by atoms with Crippen molar-refractivity contribution in [2.24, 2.45) is 11.8 Å². The fraction of sp³-hybridized carbons (Fsp3) is 0.846. The van der Waals surface area contributed by atoms with Gasteiger partial charge in [0.05, 0.1) is 0 Å². The normalized spacial score (nSPS) is 20.3. The second kappa shape index (κ2) is 5.59. The molecule has 0 saturated heterocycles. The van der Waals surface area contributed by atoms with Crippen molar-refractivity contribution in [3.63, 3.8) is 0 Å². The van der Waals surface area contributed by atoms with Gasteiger partial charge in [0.2, 0.25) is 0 Å². The predicted molar refractivity (Wildman–Crippen MR) is 67.3 cm³/mol. The quantitative estimate of drug-likeness (QED) is 0.726. The molecule has 2 rings (SSSR count). The zero-order chi connectivity index (χ0) is 13.1. The fourth-order valence-corrected chi connectivity index (χ4v) is 2.04. The summed E-state index contributed by atoms with van der Waals surface area (Å²) in [7, 11) is 0. The van der Waals surface area contributed by atoms with Crippen LogP contribution in [-0.4, -0.2) is 41.1 Å². The molecule has 0 aromatic carbocycles. The number of carboxylic acids is 1. The number of carboxylic acid groups (broad SMARTS) is 1. The van der Waals surface area contributed by atoms with Crippen LogP contribution in [-0.2, 0) is 4.79 Å². The summed E-state index contributed by atoms with van der Waals surface area (Å²) < 4.78 is 0. The summed E-state index contributed by atoms with van der Waals surface area (Å²) >= 11 is 0. The molecule has 2 amide bonds. The number of amides is 2. The highest BCUT2D eigenvalue weighted by molar-refractivity contribution is 5.82. The molecule has 1 atom stereocenters. The van der Waals surface area contributed by atoms with Gasteiger partial charge in [0.15, 0.2) is 0 Å². The SMILES string of the molecule is CCC(NC(=O)N(CC1CC1)CC1CC1)C(=O)O. The van der Waals surface area contributed by atoms with E-state index in [1.54, 1.807) is 6.92 Å². The van der Waals surface area contributed by atoms with Crippen LogP contribution in [0.1, 0.15) is 39.0 Å². The minimum Gasteiger partial charge on any atom is -0.480 e. The van der Waals surface area contributed by atoms with E-state index in [0.717, 1.165) is 13.1 Å². The standard InChI is InChI=1S/C13H22N2O3/c1-2-11(12(16)17)14-13(18)15(7-9-3-4-9)8-10-5-6-10/h9-11H,2-8H2,1H3,(H,14,18)(H,16,17). The first-order valence-electron chi connectivity index (χ1n) is 6.88. The molecular weight excluding hydrogens is 232 g/mol. The van der Waals surface area contributed by atoms with Gasteiger partial charge in [0.25, 0.3) is 0 Å². The van der Waals surface area contributed by atoms with Crippen molar-refractivity contribution in [2.75, 3.05) is 13.1 Å². The van der Waals surface area contributed by atoms with Gasteiger partial charge in [-0.05, 0) is 43.9 Å². The Labute approximate surface area is 108 Å². The topological polar surface area (TPSA) is 69.6 Å². The largest absolute Gasteiger partial charge is 0.480 e. The monoisotopic (exact) mass is 254 g/mol. The summed E-state index contributed by atoms with van der Waals surface area (Å²) in [4.78, 5) is 24.8. The number of hydrogen-bond donors (Lipinski definition) is 2. The molecule has 2 saturated carbocycles. The van der Waals surface area contributed by atoms with Gasteiger partial charge in [-0.15, -0.1) is 0 Å². The van der Waals surface area contributed by atoms with E-state index in [2.05, 4.69) is 5.32 Å². The number of nitrogens with zero attached hydrogens (tertiary/aromatic N) is 1. The van der Waals surface area contributed by atoms with E-state index in [1.807, 2.05) is 4.90 Å². The van der Waals surface area contributed by atoms with Crippen molar-refractivity contribution >= 4 is 12.0 Å². The summed E-state index contributed by atoms with van der Waals surface area (Å²) in [6.45, 7) is 3.35. The molecule has 0 bridgehead atoms. The number of aliphatic carboxylic acids is 1. The van der Waals surface area contributed by atoms with Gasteiger partial charge in [-0.2, -0.15) is 0 Å². The molecule has 0 aromatic heterocycles. The molecule has 0 aliphatic heterocycles. The Morgan fingerprint density at radius 2 is 1.72 bits per heavy atom. The van der Waals surface area contributed by atoms with E-state index in [1.165, 1.54) is 25.7 Å². The number of rotatable bonds is 7. The van der Waals surface area contributed by atoms with Crippen molar-refractivity contribution in [2.45, 2.75) is 45.1 Å². The molecule has 102 valence electrons. The minimum absolute atomic E-state index is 0.206. The Kier molecular flexibility index (Phi) is 4.09. The molecular formula is C13H22N2O3. The van der Waals surface area contributed by atoms with Crippen LogP contribution >= 0.6 is 0 Å². The average molecular weight is 254 g/mol. The van der Waals surface area contributed by atoms with Crippen LogP contribution in [0.2, 0.25) is 0 Å². The zero-order valence-corrected chi connectivity index (χ0v) is 10.9. The molecule has 2 aliphatic carbocycles. The molecule has 18 heavy (non-hydrogen) atoms. The first kappa shape index (κ1) is 13.2. The highest BCUT2D eigenvalue weighted by Crippen LogP contribution is 2.33. The third kappa shape index (κ3) is 3.89. The molecule has 0 spiro atoms. The van der Waals surface area contributed by atoms with Crippen LogP contribution in [0.4, 0.5) is 4.79 Å². The molecule has 0 aromatic rings. The summed E-state index contributed by atoms with van der Waals surface area (Å²) in [5.74, 6) is 0.322. The van der Waals surface area contributed by atoms with E-state index >= 15 is 0 Å². The lowest BCUT2D eigenvalue weighted by molar-refractivity contribution is -0.139. The second-order valence-electron chi connectivity index (χ2n) is 5.54. The Bertz CT molecular complexity index is 310. The van der Waals surface area contributed by atoms with Crippen LogP contribution in [0.15, 0.2) is 0 Å². The van der Waals surface area contributed by atoms with Gasteiger partial charge in [-0.25, -0.2) is 9.59 Å². The maximum absolute atomic E-state index is 12.1. The van der Waals surface area contributed by atoms with E-state index in [4.69, 9.17) is 5.11 Å². The van der Waals surface area contributed by atoms with E-state index in [9.17, 15) is 9.59 Å². The molecule has 2 N–H and O–H groups in total. The maximum atomic E-state index is 12.1. The molecule has 2 fully saturated rings. The lowest BCUT2D eigenvalue weighted by Crippen LogP contribution is -2.48. The number of carbonyl (C=O) groups is 2. The first-order chi connectivity index (χ1) is 8.60. The van der Waals surface area contributed by atoms with Gasteiger partial charge in [0, 0.05) is 13.1 Å². The zero-order valence-electron chi connectivity index (χ0n) is 10.9. The van der Waals surface area contributed by atoms with Gasteiger partial charge < -0.3 is 15.3 Å². The van der Waals surface area contributed by atoms with E-state index in [-0.39, 0.29) is 6.03 Å². The maximum Gasteiger partial charge on any atom is 0.326 e. The van der Waals surface area contributed by atoms with Crippen LogP contribution in [0, 0.1) is 11.8 Å². The van der Waals surface area contributed by atoms with Gasteiger partial charge in [-0.1, -0.05) is 6.92 Å². The third-order valence-corrected chi connectivity index (χ3v) is 3.64. The molecule has 0 radical (unpaired) electrons. The van der Waals surface area contributed by atoms with Crippen molar-refractivity contribution in [1.29, 1.82) is 0 Å². The second-order valence-corrected chi connectivity index (χ2v) is 5.54. The minimum atomic E-state index is -0.955. The third-order valence-electron chi connectivity index (χ3n) is 3.64. The van der Waals surface area contributed by atoms with E-state index < -0.39 is 12.0 Å². The highest BCUT2D eigenvalue weighted by Gasteiger charge is 2.32. The van der Waals surface area contributed by atoms with Crippen LogP contribution < -0.4 is 5.32 Å². The molecule has 0 heterocycles. The molecule has 1 unspecified atom stereocenters. The van der Waals surface area contributed by atoms with E-state index in [0.29, 0.717) is 18.3 Å². The van der Waals surface area contributed by atoms with Crippen LogP contribution in [0.25, 0.3) is 0 Å². The number of hydrogen-bond acceptors (Lipinski definition) is 2. The summed E-state index contributed by atoms with van der Waals surface area (Å²) in [5.41, 5.74) is 0. The van der Waals surface area contributed by atoms with Crippen molar-refractivity contribution in [3.8, 4) is 0 Å². The summed E-state index contributed by atoms with van der Waals surface area (Å²) in [6, 6.07) is -0.971.